The average Bonchev–Trinajstić information content (AvgIpc) is 3.10. The van der Waals surface area contributed by atoms with Gasteiger partial charge in [0.25, 0.3) is 0 Å². The molecule has 116 valence electrons. The van der Waals surface area contributed by atoms with Crippen LogP contribution in [0.1, 0.15) is 5.56 Å². The van der Waals surface area contributed by atoms with Gasteiger partial charge in [0.05, 0.1) is 24.6 Å². The average molecular weight is 307 g/mol. The second-order valence-corrected chi connectivity index (χ2v) is 5.08. The van der Waals surface area contributed by atoms with Gasteiger partial charge in [-0.2, -0.15) is 15.0 Å². The molecule has 3 rings (SSSR count). The number of carbonyl (C=O) groups is 1. The number of nitrogens with zero attached hydrogens (tertiary/aromatic N) is 3. The van der Waals surface area contributed by atoms with E-state index in [0.29, 0.717) is 0 Å². The molecule has 0 aliphatic carbocycles. The van der Waals surface area contributed by atoms with Crippen LogP contribution in [0.25, 0.3) is 5.69 Å². The first-order chi connectivity index (χ1) is 11.2. The summed E-state index contributed by atoms with van der Waals surface area (Å²) in [5, 5.41) is 14.1. The number of hydrogen-bond acceptors (Lipinski definition) is 4. The Balaban J connectivity index is 1.56. The molecule has 23 heavy (non-hydrogen) atoms. The fraction of sp³-hybridized carbons (Fsp3) is 0.118. The fourth-order valence-electron chi connectivity index (χ4n) is 2.15. The van der Waals surface area contributed by atoms with Crippen molar-refractivity contribution in [2.75, 3.05) is 17.2 Å². The number of aryl methyl sites for hydroxylation is 1. The summed E-state index contributed by atoms with van der Waals surface area (Å²) in [4.78, 5) is 13.5. The lowest BCUT2D eigenvalue weighted by molar-refractivity contribution is -0.114. The van der Waals surface area contributed by atoms with Crippen LogP contribution in [0.3, 0.4) is 0 Å². The maximum absolute atomic E-state index is 12.0. The highest BCUT2D eigenvalue weighted by Gasteiger charge is 2.04. The number of anilines is 2. The highest BCUT2D eigenvalue weighted by atomic mass is 16.1. The van der Waals surface area contributed by atoms with Crippen LogP contribution in [0.4, 0.5) is 11.4 Å². The molecule has 6 heteroatoms. The van der Waals surface area contributed by atoms with Gasteiger partial charge in [-0.05, 0) is 42.8 Å². The van der Waals surface area contributed by atoms with Gasteiger partial charge in [0, 0.05) is 11.4 Å². The van der Waals surface area contributed by atoms with E-state index < -0.39 is 0 Å². The van der Waals surface area contributed by atoms with Crippen LogP contribution in [0.15, 0.2) is 60.9 Å². The van der Waals surface area contributed by atoms with E-state index in [9.17, 15) is 4.79 Å². The van der Waals surface area contributed by atoms with Crippen LogP contribution < -0.4 is 10.6 Å². The van der Waals surface area contributed by atoms with Gasteiger partial charge in [-0.15, -0.1) is 0 Å². The molecule has 0 saturated carbocycles. The summed E-state index contributed by atoms with van der Waals surface area (Å²) in [7, 11) is 0. The first kappa shape index (κ1) is 14.8. The maximum atomic E-state index is 12.0. The second kappa shape index (κ2) is 6.74. The van der Waals surface area contributed by atoms with Crippen LogP contribution in [0, 0.1) is 6.92 Å². The van der Waals surface area contributed by atoms with Crippen LogP contribution >= 0.6 is 0 Å². The zero-order valence-electron chi connectivity index (χ0n) is 12.7. The van der Waals surface area contributed by atoms with Crippen molar-refractivity contribution in [3.63, 3.8) is 0 Å². The highest BCUT2D eigenvalue weighted by molar-refractivity contribution is 5.94. The lowest BCUT2D eigenvalue weighted by Gasteiger charge is -2.10. The van der Waals surface area contributed by atoms with Gasteiger partial charge < -0.3 is 10.6 Å². The molecule has 0 unspecified atom stereocenters. The Bertz CT molecular complexity index is 781. The summed E-state index contributed by atoms with van der Waals surface area (Å²) in [6, 6.07) is 15.3. The summed E-state index contributed by atoms with van der Waals surface area (Å²) in [6.45, 7) is 2.17. The van der Waals surface area contributed by atoms with Crippen LogP contribution in [-0.4, -0.2) is 27.4 Å². The van der Waals surface area contributed by atoms with Crippen molar-refractivity contribution in [1.29, 1.82) is 0 Å². The summed E-state index contributed by atoms with van der Waals surface area (Å²) in [6.07, 6.45) is 3.25. The zero-order valence-corrected chi connectivity index (χ0v) is 12.7. The molecule has 2 aromatic carbocycles. The first-order valence-corrected chi connectivity index (χ1v) is 7.28. The van der Waals surface area contributed by atoms with Crippen molar-refractivity contribution in [1.82, 2.24) is 15.0 Å². The second-order valence-electron chi connectivity index (χ2n) is 5.08. The number of aromatic nitrogens is 3. The number of rotatable bonds is 5. The molecule has 0 bridgehead atoms. The Labute approximate surface area is 134 Å². The van der Waals surface area contributed by atoms with E-state index in [4.69, 9.17) is 0 Å². The number of para-hydroxylation sites is 1. The van der Waals surface area contributed by atoms with E-state index in [1.165, 1.54) is 4.80 Å². The summed E-state index contributed by atoms with van der Waals surface area (Å²) >= 11 is 0. The molecule has 0 aliphatic rings. The fourth-order valence-corrected chi connectivity index (χ4v) is 2.15. The number of benzene rings is 2. The third kappa shape index (κ3) is 3.74. The minimum Gasteiger partial charge on any atom is -0.376 e. The third-order valence-electron chi connectivity index (χ3n) is 3.39. The molecule has 0 radical (unpaired) electrons. The number of hydrogen-bond donors (Lipinski definition) is 2. The van der Waals surface area contributed by atoms with Crippen molar-refractivity contribution >= 4 is 17.3 Å². The van der Waals surface area contributed by atoms with Crippen molar-refractivity contribution in [3.8, 4) is 5.69 Å². The molecular formula is C17H17N5O. The standard InChI is InChI=1S/C17H17N5O/c1-13-4-2-3-5-16(13)21-17(23)12-18-14-6-8-15(9-7-14)22-19-10-11-20-22/h2-11,18H,12H2,1H3,(H,21,23). The Kier molecular flexibility index (Phi) is 4.33. The lowest BCUT2D eigenvalue weighted by atomic mass is 10.2. The van der Waals surface area contributed by atoms with E-state index in [1.54, 1.807) is 12.4 Å². The van der Waals surface area contributed by atoms with E-state index in [2.05, 4.69) is 20.8 Å². The SMILES string of the molecule is Cc1ccccc1NC(=O)CNc1ccc(-n2nccn2)cc1. The van der Waals surface area contributed by atoms with Gasteiger partial charge in [-0.1, -0.05) is 18.2 Å². The molecule has 3 aromatic rings. The summed E-state index contributed by atoms with van der Waals surface area (Å²) in [5.74, 6) is -0.0860. The Morgan fingerprint density at radius 2 is 1.74 bits per heavy atom. The van der Waals surface area contributed by atoms with Gasteiger partial charge in [0.1, 0.15) is 0 Å². The Morgan fingerprint density at radius 3 is 2.43 bits per heavy atom. The molecule has 0 aliphatic heterocycles. The first-order valence-electron chi connectivity index (χ1n) is 7.28. The number of amides is 1. The van der Waals surface area contributed by atoms with Crippen molar-refractivity contribution in [2.45, 2.75) is 6.92 Å². The molecule has 1 aromatic heterocycles. The minimum absolute atomic E-state index is 0.0860. The van der Waals surface area contributed by atoms with Crippen LogP contribution in [0.5, 0.6) is 0 Å². The number of nitrogens with one attached hydrogen (secondary N) is 2. The molecule has 1 amide bonds. The van der Waals surface area contributed by atoms with Gasteiger partial charge >= 0.3 is 0 Å². The molecule has 6 nitrogen and oxygen atoms in total. The molecule has 1 heterocycles. The van der Waals surface area contributed by atoms with Crippen LogP contribution in [-0.2, 0) is 4.79 Å². The monoisotopic (exact) mass is 307 g/mol. The highest BCUT2D eigenvalue weighted by Crippen LogP contribution is 2.14. The van der Waals surface area contributed by atoms with E-state index >= 15 is 0 Å². The predicted molar refractivity (Wildman–Crippen MR) is 89.7 cm³/mol. The van der Waals surface area contributed by atoms with Gasteiger partial charge in [-0.3, -0.25) is 4.79 Å². The van der Waals surface area contributed by atoms with Gasteiger partial charge in [-0.25, -0.2) is 0 Å². The molecular weight excluding hydrogens is 290 g/mol. The Hall–Kier alpha value is -3.15. The Morgan fingerprint density at radius 1 is 1.04 bits per heavy atom. The maximum Gasteiger partial charge on any atom is 0.243 e. The quantitative estimate of drug-likeness (QED) is 0.760. The molecule has 0 fully saturated rings. The third-order valence-corrected chi connectivity index (χ3v) is 3.39. The molecule has 2 N–H and O–H groups in total. The van der Waals surface area contributed by atoms with Crippen molar-refractivity contribution in [3.05, 3.63) is 66.5 Å². The largest absolute Gasteiger partial charge is 0.376 e. The van der Waals surface area contributed by atoms with Crippen molar-refractivity contribution in [2.24, 2.45) is 0 Å². The van der Waals surface area contributed by atoms with E-state index in [-0.39, 0.29) is 12.5 Å². The summed E-state index contributed by atoms with van der Waals surface area (Å²) in [5.41, 5.74) is 3.60. The smallest absolute Gasteiger partial charge is 0.243 e. The number of carbonyl (C=O) groups excluding carboxylic acids is 1. The molecule has 0 saturated heterocycles. The van der Waals surface area contributed by atoms with Gasteiger partial charge in [0.2, 0.25) is 5.91 Å². The summed E-state index contributed by atoms with van der Waals surface area (Å²) < 4.78 is 0. The predicted octanol–water partition coefficient (Wildman–Crippen LogP) is 2.63. The minimum atomic E-state index is -0.0860. The normalized spacial score (nSPS) is 10.3. The topological polar surface area (TPSA) is 71.8 Å². The zero-order chi connectivity index (χ0) is 16.1. The van der Waals surface area contributed by atoms with Gasteiger partial charge in [0.15, 0.2) is 0 Å². The van der Waals surface area contributed by atoms with Crippen LogP contribution in [0.2, 0.25) is 0 Å². The lowest BCUT2D eigenvalue weighted by Crippen LogP contribution is -2.22. The van der Waals surface area contributed by atoms with E-state index in [1.807, 2.05) is 55.5 Å². The van der Waals surface area contributed by atoms with E-state index in [0.717, 1.165) is 22.6 Å². The molecule has 0 spiro atoms. The molecule has 0 atom stereocenters. The van der Waals surface area contributed by atoms with Crippen molar-refractivity contribution < 1.29 is 4.79 Å².